The van der Waals surface area contributed by atoms with Crippen LogP contribution < -0.4 is 5.32 Å². The lowest BCUT2D eigenvalue weighted by molar-refractivity contribution is -0.384. The predicted molar refractivity (Wildman–Crippen MR) is 97.2 cm³/mol. The summed E-state index contributed by atoms with van der Waals surface area (Å²) in [5.74, 6) is -1.28. The third kappa shape index (κ3) is 4.89. The van der Waals surface area contributed by atoms with Gasteiger partial charge in [0.2, 0.25) is 0 Å². The van der Waals surface area contributed by atoms with E-state index in [2.05, 4.69) is 5.32 Å². The Bertz CT molecular complexity index is 840. The highest BCUT2D eigenvalue weighted by molar-refractivity contribution is 5.96. The van der Waals surface area contributed by atoms with E-state index in [9.17, 15) is 19.7 Å². The fraction of sp³-hybridized carbons (Fsp3) is 0.263. The number of amides is 1. The fourth-order valence-electron chi connectivity index (χ4n) is 2.39. The Kier molecular flexibility index (Phi) is 5.71. The first-order valence-electron chi connectivity index (χ1n) is 7.99. The van der Waals surface area contributed by atoms with Crippen molar-refractivity contribution in [1.29, 1.82) is 0 Å². The lowest BCUT2D eigenvalue weighted by Crippen LogP contribution is -2.23. The van der Waals surface area contributed by atoms with E-state index >= 15 is 0 Å². The van der Waals surface area contributed by atoms with Crippen LogP contribution >= 0.6 is 0 Å². The minimum absolute atomic E-state index is 0.0158. The Balaban J connectivity index is 2.01. The molecule has 0 heterocycles. The smallest absolute Gasteiger partial charge is 0.338 e. The highest BCUT2D eigenvalue weighted by atomic mass is 16.6. The first kappa shape index (κ1) is 19.1. The summed E-state index contributed by atoms with van der Waals surface area (Å²) in [6.07, 6.45) is 0. The predicted octanol–water partition coefficient (Wildman–Crippen LogP) is 3.69. The van der Waals surface area contributed by atoms with Gasteiger partial charge in [-0.2, -0.15) is 0 Å². The molecular weight excluding hydrogens is 336 g/mol. The first-order chi connectivity index (χ1) is 12.2. The van der Waals surface area contributed by atoms with Gasteiger partial charge in [-0.15, -0.1) is 0 Å². The van der Waals surface area contributed by atoms with Crippen LogP contribution in [-0.4, -0.2) is 23.4 Å². The molecule has 7 nitrogen and oxygen atoms in total. The van der Waals surface area contributed by atoms with Crippen molar-refractivity contribution in [1.82, 2.24) is 0 Å². The van der Waals surface area contributed by atoms with Crippen LogP contribution in [0.25, 0.3) is 0 Å². The maximum atomic E-state index is 12.1. The third-order valence-corrected chi connectivity index (χ3v) is 3.64. The van der Waals surface area contributed by atoms with Crippen LogP contribution in [0.4, 0.5) is 11.4 Å². The van der Waals surface area contributed by atoms with E-state index in [1.165, 1.54) is 18.2 Å². The van der Waals surface area contributed by atoms with Gasteiger partial charge in [0.25, 0.3) is 11.6 Å². The van der Waals surface area contributed by atoms with Crippen molar-refractivity contribution in [3.05, 3.63) is 69.8 Å². The summed E-state index contributed by atoms with van der Waals surface area (Å²) < 4.78 is 4.95. The molecule has 1 amide bonds. The van der Waals surface area contributed by atoms with E-state index in [0.29, 0.717) is 5.69 Å². The molecule has 2 rings (SSSR count). The van der Waals surface area contributed by atoms with Crippen LogP contribution in [0.5, 0.6) is 0 Å². The van der Waals surface area contributed by atoms with Crippen molar-refractivity contribution in [3.63, 3.8) is 0 Å². The number of nitro benzene ring substituents is 1. The molecule has 0 aliphatic rings. The number of para-hydroxylation sites is 1. The molecule has 0 saturated carbocycles. The number of esters is 1. The number of hydrogen-bond donors (Lipinski definition) is 1. The van der Waals surface area contributed by atoms with Gasteiger partial charge in [0.05, 0.1) is 10.5 Å². The summed E-state index contributed by atoms with van der Waals surface area (Å²) in [6, 6.07) is 12.5. The van der Waals surface area contributed by atoms with Gasteiger partial charge in [-0.3, -0.25) is 14.9 Å². The van der Waals surface area contributed by atoms with Gasteiger partial charge in [0.15, 0.2) is 6.61 Å². The number of carbonyl (C=O) groups excluding carboxylic acids is 2. The van der Waals surface area contributed by atoms with Crippen molar-refractivity contribution in [2.45, 2.75) is 26.2 Å². The fourth-order valence-corrected chi connectivity index (χ4v) is 2.39. The molecular formula is C19H20N2O5. The second-order valence-corrected chi connectivity index (χ2v) is 6.73. The van der Waals surface area contributed by atoms with Gasteiger partial charge in [-0.1, -0.05) is 45.0 Å². The minimum Gasteiger partial charge on any atom is -0.452 e. The molecule has 136 valence electrons. The zero-order valence-electron chi connectivity index (χ0n) is 14.8. The van der Waals surface area contributed by atoms with Gasteiger partial charge < -0.3 is 10.1 Å². The highest BCUT2D eigenvalue weighted by Crippen LogP contribution is 2.29. The summed E-state index contributed by atoms with van der Waals surface area (Å²) in [5, 5.41) is 13.5. The Morgan fingerprint density at radius 1 is 1.12 bits per heavy atom. The molecule has 0 spiro atoms. The molecule has 0 aliphatic carbocycles. The van der Waals surface area contributed by atoms with Gasteiger partial charge in [-0.05, 0) is 23.1 Å². The number of non-ortho nitro benzene ring substituents is 1. The second-order valence-electron chi connectivity index (χ2n) is 6.73. The van der Waals surface area contributed by atoms with Gasteiger partial charge in [-0.25, -0.2) is 4.79 Å². The largest absolute Gasteiger partial charge is 0.452 e. The first-order valence-corrected chi connectivity index (χ1v) is 7.99. The van der Waals surface area contributed by atoms with Crippen molar-refractivity contribution in [2.75, 3.05) is 11.9 Å². The molecule has 0 bridgehead atoms. The van der Waals surface area contributed by atoms with E-state index in [1.54, 1.807) is 12.1 Å². The maximum absolute atomic E-state index is 12.1. The average Bonchev–Trinajstić information content (AvgIpc) is 2.59. The SMILES string of the molecule is CC(C)(C)c1ccccc1NC(=O)COC(=O)c1cccc([N+](=O)[O-])c1. The number of nitrogens with one attached hydrogen (secondary N) is 1. The number of rotatable bonds is 5. The number of anilines is 1. The van der Waals surface area contributed by atoms with Gasteiger partial charge in [0, 0.05) is 17.8 Å². The Morgan fingerprint density at radius 3 is 2.46 bits per heavy atom. The molecule has 0 fully saturated rings. The Labute approximate surface area is 151 Å². The number of ether oxygens (including phenoxy) is 1. The molecule has 1 N–H and O–H groups in total. The van der Waals surface area contributed by atoms with Crippen LogP contribution in [0.15, 0.2) is 48.5 Å². The van der Waals surface area contributed by atoms with Crippen LogP contribution in [-0.2, 0) is 14.9 Å². The summed E-state index contributed by atoms with van der Waals surface area (Å²) >= 11 is 0. The van der Waals surface area contributed by atoms with E-state index in [-0.39, 0.29) is 16.7 Å². The number of benzene rings is 2. The lowest BCUT2D eigenvalue weighted by atomic mass is 9.86. The maximum Gasteiger partial charge on any atom is 0.338 e. The molecule has 0 aromatic heterocycles. The Morgan fingerprint density at radius 2 is 1.81 bits per heavy atom. The summed E-state index contributed by atoms with van der Waals surface area (Å²) in [7, 11) is 0. The Hall–Kier alpha value is -3.22. The molecule has 26 heavy (non-hydrogen) atoms. The number of nitrogens with zero attached hydrogens (tertiary/aromatic N) is 1. The minimum atomic E-state index is -0.798. The van der Waals surface area contributed by atoms with Crippen molar-refractivity contribution in [3.8, 4) is 0 Å². The zero-order chi connectivity index (χ0) is 19.3. The third-order valence-electron chi connectivity index (χ3n) is 3.64. The number of nitro groups is 1. The van der Waals surface area contributed by atoms with Crippen molar-refractivity contribution in [2.24, 2.45) is 0 Å². The summed E-state index contributed by atoms with van der Waals surface area (Å²) in [5.41, 5.74) is 1.24. The standard InChI is InChI=1S/C19H20N2O5/c1-19(2,3)15-9-4-5-10-16(15)20-17(22)12-26-18(23)13-7-6-8-14(11-13)21(24)25/h4-11H,12H2,1-3H3,(H,20,22). The molecule has 0 atom stereocenters. The number of hydrogen-bond acceptors (Lipinski definition) is 5. The van der Waals surface area contributed by atoms with Crippen LogP contribution in [0.3, 0.4) is 0 Å². The van der Waals surface area contributed by atoms with Crippen LogP contribution in [0, 0.1) is 10.1 Å². The van der Waals surface area contributed by atoms with Crippen LogP contribution in [0.1, 0.15) is 36.7 Å². The second kappa shape index (κ2) is 7.77. The van der Waals surface area contributed by atoms with Gasteiger partial charge in [0.1, 0.15) is 0 Å². The van der Waals surface area contributed by atoms with E-state index in [4.69, 9.17) is 4.74 Å². The van der Waals surface area contributed by atoms with Crippen LogP contribution in [0.2, 0.25) is 0 Å². The quantitative estimate of drug-likeness (QED) is 0.500. The molecule has 2 aromatic rings. The van der Waals surface area contributed by atoms with E-state index in [0.717, 1.165) is 11.6 Å². The molecule has 0 unspecified atom stereocenters. The van der Waals surface area contributed by atoms with Crippen molar-refractivity contribution < 1.29 is 19.2 Å². The normalized spacial score (nSPS) is 10.9. The lowest BCUT2D eigenvalue weighted by Gasteiger charge is -2.22. The molecule has 0 aliphatic heterocycles. The van der Waals surface area contributed by atoms with E-state index in [1.807, 2.05) is 32.9 Å². The molecule has 0 radical (unpaired) electrons. The topological polar surface area (TPSA) is 98.5 Å². The van der Waals surface area contributed by atoms with Gasteiger partial charge >= 0.3 is 5.97 Å². The number of carbonyl (C=O) groups is 2. The molecule has 0 saturated heterocycles. The monoisotopic (exact) mass is 356 g/mol. The van der Waals surface area contributed by atoms with Crippen molar-refractivity contribution >= 4 is 23.3 Å². The average molecular weight is 356 g/mol. The highest BCUT2D eigenvalue weighted by Gasteiger charge is 2.19. The summed E-state index contributed by atoms with van der Waals surface area (Å²) in [4.78, 5) is 34.2. The molecule has 2 aromatic carbocycles. The zero-order valence-corrected chi connectivity index (χ0v) is 14.8. The van der Waals surface area contributed by atoms with E-state index < -0.39 is 23.4 Å². The summed E-state index contributed by atoms with van der Waals surface area (Å²) in [6.45, 7) is 5.60. The molecule has 7 heteroatoms.